The molecule has 4 aromatic rings. The molecular formula is C42H44N6O7. The Bertz CT molecular complexity index is 2330. The SMILES string of the molecule is COc1cc(-c2cn(C)c(=O)c3cnccc23)cc(OC)c1C(=O)N1CCC2(CC1)CC(CN1Cc3cc4c(cc3C1)C(=O)N(C1CCC(=O)NC1=O)C4)C2. The minimum Gasteiger partial charge on any atom is -0.496 e. The number of pyridine rings is 2. The fourth-order valence-electron chi connectivity index (χ4n) is 9.90. The van der Waals surface area contributed by atoms with Gasteiger partial charge in [0.05, 0.1) is 19.6 Å². The third-order valence-electron chi connectivity index (χ3n) is 12.7. The summed E-state index contributed by atoms with van der Waals surface area (Å²) in [5.41, 5.74) is 6.15. The second-order valence-corrected chi connectivity index (χ2v) is 16.0. The van der Waals surface area contributed by atoms with Gasteiger partial charge in [0.1, 0.15) is 23.1 Å². The molecule has 55 heavy (non-hydrogen) atoms. The Morgan fingerprint density at radius 2 is 1.62 bits per heavy atom. The van der Waals surface area contributed by atoms with Gasteiger partial charge in [0.2, 0.25) is 11.8 Å². The number of aromatic nitrogens is 2. The molecule has 9 rings (SSSR count). The summed E-state index contributed by atoms with van der Waals surface area (Å²) >= 11 is 0. The van der Waals surface area contributed by atoms with Crippen LogP contribution in [0.3, 0.4) is 0 Å². The van der Waals surface area contributed by atoms with Crippen molar-refractivity contribution in [2.75, 3.05) is 33.9 Å². The van der Waals surface area contributed by atoms with E-state index in [0.29, 0.717) is 60.0 Å². The number of fused-ring (bicyclic) bond motifs is 3. The number of carbonyl (C=O) groups excluding carboxylic acids is 4. The zero-order chi connectivity index (χ0) is 38.2. The Morgan fingerprint density at radius 1 is 0.909 bits per heavy atom. The number of nitrogens with zero attached hydrogens (tertiary/aromatic N) is 5. The molecule has 13 nitrogen and oxygen atoms in total. The first-order valence-electron chi connectivity index (χ1n) is 19.1. The molecule has 1 saturated carbocycles. The predicted molar refractivity (Wildman–Crippen MR) is 202 cm³/mol. The Labute approximate surface area is 318 Å². The second-order valence-electron chi connectivity index (χ2n) is 16.0. The van der Waals surface area contributed by atoms with Crippen molar-refractivity contribution in [1.29, 1.82) is 0 Å². The third kappa shape index (κ3) is 5.96. The zero-order valence-electron chi connectivity index (χ0n) is 31.4. The van der Waals surface area contributed by atoms with Gasteiger partial charge in [-0.25, -0.2) is 0 Å². The van der Waals surface area contributed by atoms with Gasteiger partial charge in [0.25, 0.3) is 17.4 Å². The normalized spacial score (nSPS) is 20.8. The molecule has 6 heterocycles. The largest absolute Gasteiger partial charge is 0.496 e. The van der Waals surface area contributed by atoms with Crippen molar-refractivity contribution >= 4 is 34.4 Å². The summed E-state index contributed by atoms with van der Waals surface area (Å²) in [6, 6.07) is 9.07. The number of benzene rings is 2. The molecule has 1 atom stereocenters. The molecule has 1 aliphatic carbocycles. The molecule has 1 unspecified atom stereocenters. The average molecular weight is 745 g/mol. The van der Waals surface area contributed by atoms with Gasteiger partial charge in [0.15, 0.2) is 0 Å². The van der Waals surface area contributed by atoms with Gasteiger partial charge in [-0.05, 0) is 95.3 Å². The molecule has 2 saturated heterocycles. The van der Waals surface area contributed by atoms with Crippen molar-refractivity contribution in [1.82, 2.24) is 29.6 Å². The molecule has 284 valence electrons. The van der Waals surface area contributed by atoms with Crippen LogP contribution in [0.25, 0.3) is 21.9 Å². The summed E-state index contributed by atoms with van der Waals surface area (Å²) in [6.07, 6.45) is 9.82. The smallest absolute Gasteiger partial charge is 0.261 e. The molecule has 0 bridgehead atoms. The van der Waals surface area contributed by atoms with Crippen molar-refractivity contribution in [3.63, 3.8) is 0 Å². The van der Waals surface area contributed by atoms with Crippen LogP contribution in [0.5, 0.6) is 11.5 Å². The van der Waals surface area contributed by atoms with E-state index in [1.165, 1.54) is 15.7 Å². The number of methoxy groups -OCH3 is 2. The summed E-state index contributed by atoms with van der Waals surface area (Å²) in [5, 5.41) is 3.64. The lowest BCUT2D eigenvalue weighted by Crippen LogP contribution is -2.52. The van der Waals surface area contributed by atoms with E-state index in [1.807, 2.05) is 29.2 Å². The molecule has 4 aliphatic heterocycles. The summed E-state index contributed by atoms with van der Waals surface area (Å²) in [7, 11) is 4.82. The summed E-state index contributed by atoms with van der Waals surface area (Å²) in [4.78, 5) is 74.5. The van der Waals surface area contributed by atoms with Gasteiger partial charge < -0.3 is 23.8 Å². The Morgan fingerprint density at radius 3 is 2.31 bits per heavy atom. The molecule has 1 N–H and O–H groups in total. The van der Waals surface area contributed by atoms with Crippen LogP contribution in [0.15, 0.2) is 53.7 Å². The highest BCUT2D eigenvalue weighted by Crippen LogP contribution is 2.53. The summed E-state index contributed by atoms with van der Waals surface area (Å²) in [5.74, 6) is 0.532. The predicted octanol–water partition coefficient (Wildman–Crippen LogP) is 4.03. The van der Waals surface area contributed by atoms with E-state index in [4.69, 9.17) is 9.47 Å². The molecule has 5 aliphatic rings. The van der Waals surface area contributed by atoms with Crippen LogP contribution in [0.4, 0.5) is 0 Å². The van der Waals surface area contributed by atoms with E-state index in [9.17, 15) is 24.0 Å². The van der Waals surface area contributed by atoms with Gasteiger partial charge in [-0.2, -0.15) is 0 Å². The van der Waals surface area contributed by atoms with Crippen molar-refractivity contribution in [2.45, 2.75) is 64.2 Å². The average Bonchev–Trinajstić information content (AvgIpc) is 3.72. The molecule has 2 aromatic carbocycles. The molecular weight excluding hydrogens is 700 g/mol. The van der Waals surface area contributed by atoms with Crippen LogP contribution in [0.1, 0.15) is 75.9 Å². The van der Waals surface area contributed by atoms with E-state index in [1.54, 1.807) is 44.8 Å². The standard InChI is InChI=1S/C42H44N6O7/c1-45-23-32(29-6-9-43-18-31(29)39(45)51)25-14-34(54-2)37(35(15-25)55-3)41(53)47-10-7-42(8-11-47)16-24(17-42)19-46-20-26-12-28-22-48(33-4-5-36(49)44-38(33)50)40(52)30(28)13-27(26)21-46/h6,9,12-15,18,23-24,33H,4-5,7-8,10-11,16-17,19-22H2,1-3H3,(H,44,49,50). The topological polar surface area (TPSA) is 143 Å². The first-order valence-corrected chi connectivity index (χ1v) is 19.1. The number of hydrogen-bond acceptors (Lipinski definition) is 9. The highest BCUT2D eigenvalue weighted by molar-refractivity contribution is 6.06. The van der Waals surface area contributed by atoms with E-state index >= 15 is 0 Å². The molecule has 0 radical (unpaired) electrons. The van der Waals surface area contributed by atoms with Crippen LogP contribution in [0, 0.1) is 11.3 Å². The van der Waals surface area contributed by atoms with Crippen LogP contribution in [-0.4, -0.2) is 87.8 Å². The van der Waals surface area contributed by atoms with Crippen molar-refractivity contribution in [3.8, 4) is 22.6 Å². The van der Waals surface area contributed by atoms with E-state index in [-0.39, 0.29) is 41.0 Å². The fourth-order valence-corrected chi connectivity index (χ4v) is 9.90. The highest BCUT2D eigenvalue weighted by Gasteiger charge is 2.47. The maximum absolute atomic E-state index is 14.1. The number of piperidine rings is 2. The number of ether oxygens (including phenoxy) is 2. The van der Waals surface area contributed by atoms with Crippen LogP contribution in [0.2, 0.25) is 0 Å². The van der Waals surface area contributed by atoms with Crippen LogP contribution in [-0.2, 0) is 36.3 Å². The highest BCUT2D eigenvalue weighted by atomic mass is 16.5. The van der Waals surface area contributed by atoms with Crippen molar-refractivity contribution < 1.29 is 28.7 Å². The Kier molecular flexibility index (Phi) is 8.52. The lowest BCUT2D eigenvalue weighted by Gasteiger charge is -2.53. The minimum atomic E-state index is -0.601. The second kappa shape index (κ2) is 13.3. The lowest BCUT2D eigenvalue weighted by atomic mass is 9.57. The third-order valence-corrected chi connectivity index (χ3v) is 12.7. The number of likely N-dealkylation sites (tertiary alicyclic amines) is 1. The van der Waals surface area contributed by atoms with E-state index in [2.05, 4.69) is 21.3 Å². The van der Waals surface area contributed by atoms with Gasteiger partial charge in [-0.3, -0.25) is 39.2 Å². The number of amides is 4. The van der Waals surface area contributed by atoms with Gasteiger partial charge in [-0.15, -0.1) is 0 Å². The monoisotopic (exact) mass is 744 g/mol. The van der Waals surface area contributed by atoms with Gasteiger partial charge in [0, 0.05) is 82.5 Å². The maximum atomic E-state index is 14.1. The van der Waals surface area contributed by atoms with E-state index < -0.39 is 6.04 Å². The fraction of sp³-hybridized carbons (Fsp3) is 0.429. The number of imide groups is 1. The first-order chi connectivity index (χ1) is 26.5. The maximum Gasteiger partial charge on any atom is 0.261 e. The molecule has 1 spiro atoms. The quantitative estimate of drug-likeness (QED) is 0.278. The van der Waals surface area contributed by atoms with Gasteiger partial charge >= 0.3 is 0 Å². The molecule has 2 aromatic heterocycles. The Balaban J connectivity index is 0.820. The summed E-state index contributed by atoms with van der Waals surface area (Å²) < 4.78 is 13.2. The molecule has 4 amide bonds. The Hall–Kier alpha value is -5.56. The number of rotatable bonds is 7. The van der Waals surface area contributed by atoms with Crippen molar-refractivity contribution in [3.05, 3.63) is 87.1 Å². The number of nitrogens with one attached hydrogen (secondary N) is 1. The van der Waals surface area contributed by atoms with E-state index in [0.717, 1.165) is 67.4 Å². The number of aryl methyl sites for hydroxylation is 1. The lowest BCUT2D eigenvalue weighted by molar-refractivity contribution is -0.136. The molecule has 3 fully saturated rings. The van der Waals surface area contributed by atoms with Gasteiger partial charge in [-0.1, -0.05) is 6.07 Å². The number of carbonyl (C=O) groups is 4. The molecule has 13 heteroatoms. The van der Waals surface area contributed by atoms with Crippen molar-refractivity contribution in [2.24, 2.45) is 18.4 Å². The van der Waals surface area contributed by atoms with Crippen LogP contribution >= 0.6 is 0 Å². The zero-order valence-corrected chi connectivity index (χ0v) is 31.4. The first kappa shape index (κ1) is 35.2. The van der Waals surface area contributed by atoms with Crippen LogP contribution < -0.4 is 20.3 Å². The summed E-state index contributed by atoms with van der Waals surface area (Å²) in [6.45, 7) is 4.39. The minimum absolute atomic E-state index is 0.110. The number of hydrogen-bond donors (Lipinski definition) is 1.